The first-order valence-corrected chi connectivity index (χ1v) is 9.26. The van der Waals surface area contributed by atoms with Crippen molar-refractivity contribution < 1.29 is 9.59 Å². The lowest BCUT2D eigenvalue weighted by Crippen LogP contribution is -2.10. The second-order valence-electron chi connectivity index (χ2n) is 6.73. The standard InChI is InChI=1S/C22H23N3O2/c1-16-6-3-12-24-21(16)19(26)9-2-10-20(27)22-18(8-5-13-25-22)14-17-7-4-11-23-15-17/h4-5,7-8,11-13,15H,2-3,6,9-10,14H2,1H3. The van der Waals surface area contributed by atoms with Crippen molar-refractivity contribution in [1.29, 1.82) is 0 Å². The summed E-state index contributed by atoms with van der Waals surface area (Å²) in [6.07, 6.45) is 10.5. The van der Waals surface area contributed by atoms with E-state index in [1.807, 2.05) is 31.2 Å². The van der Waals surface area contributed by atoms with Gasteiger partial charge in [0.05, 0.1) is 0 Å². The van der Waals surface area contributed by atoms with E-state index in [2.05, 4.69) is 15.0 Å². The Morgan fingerprint density at radius 3 is 2.67 bits per heavy atom. The highest BCUT2D eigenvalue weighted by Crippen LogP contribution is 2.20. The van der Waals surface area contributed by atoms with Crippen LogP contribution in [0.2, 0.25) is 0 Å². The number of aromatic nitrogens is 2. The monoisotopic (exact) mass is 361 g/mol. The Hall–Kier alpha value is -2.95. The van der Waals surface area contributed by atoms with E-state index in [0.717, 1.165) is 29.5 Å². The molecule has 0 atom stereocenters. The van der Waals surface area contributed by atoms with Gasteiger partial charge in [0.1, 0.15) is 11.4 Å². The molecule has 0 radical (unpaired) electrons. The van der Waals surface area contributed by atoms with Crippen LogP contribution < -0.4 is 0 Å². The van der Waals surface area contributed by atoms with E-state index in [1.165, 1.54) is 0 Å². The fourth-order valence-corrected chi connectivity index (χ4v) is 3.18. The van der Waals surface area contributed by atoms with E-state index in [0.29, 0.717) is 37.1 Å². The minimum Gasteiger partial charge on any atom is -0.292 e. The van der Waals surface area contributed by atoms with Crippen LogP contribution in [0.25, 0.3) is 0 Å². The van der Waals surface area contributed by atoms with E-state index in [4.69, 9.17) is 0 Å². The van der Waals surface area contributed by atoms with E-state index in [9.17, 15) is 9.59 Å². The van der Waals surface area contributed by atoms with Gasteiger partial charge in [-0.05, 0) is 55.0 Å². The molecule has 0 bridgehead atoms. The molecule has 2 aromatic heterocycles. The van der Waals surface area contributed by atoms with Crippen molar-refractivity contribution in [2.45, 2.75) is 45.4 Å². The molecule has 0 aromatic carbocycles. The summed E-state index contributed by atoms with van der Waals surface area (Å²) in [7, 11) is 0. The number of rotatable bonds is 8. The van der Waals surface area contributed by atoms with Crippen LogP contribution in [-0.4, -0.2) is 27.7 Å². The van der Waals surface area contributed by atoms with Crippen LogP contribution in [0.3, 0.4) is 0 Å². The molecule has 0 fully saturated rings. The van der Waals surface area contributed by atoms with Crippen molar-refractivity contribution in [3.05, 3.63) is 70.9 Å². The molecule has 0 amide bonds. The van der Waals surface area contributed by atoms with Crippen molar-refractivity contribution in [2.24, 2.45) is 4.99 Å². The van der Waals surface area contributed by atoms with Gasteiger partial charge in [0.25, 0.3) is 0 Å². The summed E-state index contributed by atoms with van der Waals surface area (Å²) in [6.45, 7) is 1.95. The lowest BCUT2D eigenvalue weighted by molar-refractivity contribution is -0.115. The third-order valence-electron chi connectivity index (χ3n) is 4.62. The fraction of sp³-hybridized carbons (Fsp3) is 0.318. The maximum Gasteiger partial charge on any atom is 0.181 e. The Balaban J connectivity index is 1.60. The van der Waals surface area contributed by atoms with Gasteiger partial charge in [0, 0.05) is 44.1 Å². The number of ketones is 2. The Morgan fingerprint density at radius 1 is 1.07 bits per heavy atom. The predicted octanol–water partition coefficient (Wildman–Crippen LogP) is 4.13. The summed E-state index contributed by atoms with van der Waals surface area (Å²) in [5, 5.41) is 0. The van der Waals surface area contributed by atoms with Crippen molar-refractivity contribution in [3.8, 4) is 0 Å². The largest absolute Gasteiger partial charge is 0.292 e. The van der Waals surface area contributed by atoms with E-state index in [-0.39, 0.29) is 11.6 Å². The predicted molar refractivity (Wildman–Crippen MR) is 105 cm³/mol. The zero-order valence-corrected chi connectivity index (χ0v) is 15.5. The molecule has 5 nitrogen and oxygen atoms in total. The third kappa shape index (κ3) is 5.03. The van der Waals surface area contributed by atoms with Crippen LogP contribution in [0, 0.1) is 0 Å². The lowest BCUT2D eigenvalue weighted by atomic mass is 9.98. The minimum atomic E-state index is -0.0277. The molecule has 0 saturated carbocycles. The summed E-state index contributed by atoms with van der Waals surface area (Å²) in [5.74, 6) is -0.00649. The molecule has 0 aliphatic carbocycles. The van der Waals surface area contributed by atoms with Gasteiger partial charge in [-0.1, -0.05) is 12.1 Å². The van der Waals surface area contributed by atoms with Crippen molar-refractivity contribution in [3.63, 3.8) is 0 Å². The maximum absolute atomic E-state index is 12.6. The molecule has 1 aliphatic heterocycles. The Labute approximate surface area is 159 Å². The molecular weight excluding hydrogens is 338 g/mol. The molecule has 0 spiro atoms. The number of pyridine rings is 2. The normalized spacial score (nSPS) is 13.7. The van der Waals surface area contributed by atoms with Crippen LogP contribution >= 0.6 is 0 Å². The topological polar surface area (TPSA) is 72.3 Å². The first-order chi connectivity index (χ1) is 13.1. The molecular formula is C22H23N3O2. The minimum absolute atomic E-state index is 0.0212. The van der Waals surface area contributed by atoms with Gasteiger partial charge in [-0.3, -0.25) is 24.5 Å². The quantitative estimate of drug-likeness (QED) is 0.663. The molecule has 0 N–H and O–H groups in total. The second-order valence-corrected chi connectivity index (χ2v) is 6.73. The van der Waals surface area contributed by atoms with Gasteiger partial charge in [0.15, 0.2) is 11.6 Å². The number of aliphatic imine (C=N–C) groups is 1. The number of nitrogens with zero attached hydrogens (tertiary/aromatic N) is 3. The third-order valence-corrected chi connectivity index (χ3v) is 4.62. The first kappa shape index (κ1) is 18.8. The molecule has 0 unspecified atom stereocenters. The van der Waals surface area contributed by atoms with Crippen molar-refractivity contribution in [2.75, 3.05) is 0 Å². The van der Waals surface area contributed by atoms with Crippen LogP contribution in [0.15, 0.2) is 59.1 Å². The molecule has 3 rings (SSSR count). The number of carbonyl (C=O) groups is 2. The molecule has 0 saturated heterocycles. The summed E-state index contributed by atoms with van der Waals surface area (Å²) in [4.78, 5) is 37.6. The van der Waals surface area contributed by atoms with Gasteiger partial charge in [-0.2, -0.15) is 0 Å². The Kier molecular flexibility index (Phi) is 6.36. The molecule has 27 heavy (non-hydrogen) atoms. The SMILES string of the molecule is CC1=C(C(=O)CCCC(=O)c2ncccc2Cc2cccnc2)N=CCC1. The molecule has 138 valence electrons. The van der Waals surface area contributed by atoms with Gasteiger partial charge < -0.3 is 0 Å². The summed E-state index contributed by atoms with van der Waals surface area (Å²) in [5.41, 5.74) is 4.02. The highest BCUT2D eigenvalue weighted by atomic mass is 16.1. The highest BCUT2D eigenvalue weighted by molar-refractivity contribution is 5.99. The fourth-order valence-electron chi connectivity index (χ4n) is 3.18. The Morgan fingerprint density at radius 2 is 1.89 bits per heavy atom. The van der Waals surface area contributed by atoms with Crippen molar-refractivity contribution >= 4 is 17.8 Å². The zero-order chi connectivity index (χ0) is 19.1. The van der Waals surface area contributed by atoms with Crippen LogP contribution in [0.1, 0.15) is 60.6 Å². The molecule has 3 heterocycles. The number of hydrogen-bond donors (Lipinski definition) is 0. The van der Waals surface area contributed by atoms with Crippen LogP contribution in [0.5, 0.6) is 0 Å². The summed E-state index contributed by atoms with van der Waals surface area (Å²) >= 11 is 0. The smallest absolute Gasteiger partial charge is 0.181 e. The van der Waals surface area contributed by atoms with Gasteiger partial charge in [0.2, 0.25) is 0 Å². The number of Topliss-reactive ketones (excluding diaryl/α,β-unsaturated/α-hetero) is 2. The number of hydrogen-bond acceptors (Lipinski definition) is 5. The second kappa shape index (κ2) is 9.12. The average molecular weight is 361 g/mol. The van der Waals surface area contributed by atoms with Gasteiger partial charge >= 0.3 is 0 Å². The molecule has 5 heteroatoms. The lowest BCUT2D eigenvalue weighted by Gasteiger charge is -2.10. The van der Waals surface area contributed by atoms with E-state index in [1.54, 1.807) is 24.8 Å². The Bertz CT molecular complexity index is 885. The average Bonchev–Trinajstić information content (AvgIpc) is 2.69. The number of allylic oxidation sites excluding steroid dienone is 2. The molecule has 1 aliphatic rings. The van der Waals surface area contributed by atoms with Crippen LogP contribution in [-0.2, 0) is 11.2 Å². The zero-order valence-electron chi connectivity index (χ0n) is 15.5. The maximum atomic E-state index is 12.6. The highest BCUT2D eigenvalue weighted by Gasteiger charge is 2.17. The van der Waals surface area contributed by atoms with Gasteiger partial charge in [-0.15, -0.1) is 0 Å². The van der Waals surface area contributed by atoms with Crippen molar-refractivity contribution in [1.82, 2.24) is 9.97 Å². The molecule has 2 aromatic rings. The number of carbonyl (C=O) groups excluding carboxylic acids is 2. The van der Waals surface area contributed by atoms with E-state index >= 15 is 0 Å². The van der Waals surface area contributed by atoms with Crippen LogP contribution in [0.4, 0.5) is 0 Å². The summed E-state index contributed by atoms with van der Waals surface area (Å²) in [6, 6.07) is 7.61. The van der Waals surface area contributed by atoms with E-state index < -0.39 is 0 Å². The first-order valence-electron chi connectivity index (χ1n) is 9.26. The van der Waals surface area contributed by atoms with Gasteiger partial charge in [-0.25, -0.2) is 0 Å². The summed E-state index contributed by atoms with van der Waals surface area (Å²) < 4.78 is 0.